The van der Waals surface area contributed by atoms with Gasteiger partial charge in [-0.15, -0.1) is 0 Å². The SMILES string of the molecule is COC1CN(C)CCN1c1ccc2ccccc2c1CCNS(=O)(=O)c1ccccc1. The second-order valence-corrected chi connectivity index (χ2v) is 9.66. The monoisotopic (exact) mass is 439 g/mol. The highest BCUT2D eigenvalue weighted by molar-refractivity contribution is 7.89. The summed E-state index contributed by atoms with van der Waals surface area (Å²) in [6, 6.07) is 21.0. The molecule has 1 aliphatic rings. The lowest BCUT2D eigenvalue weighted by molar-refractivity contribution is 0.0497. The molecule has 0 bridgehead atoms. The molecule has 1 fully saturated rings. The molecule has 0 aliphatic carbocycles. The Bertz CT molecular complexity index is 1140. The third-order valence-electron chi connectivity index (χ3n) is 5.86. The average Bonchev–Trinajstić information content (AvgIpc) is 2.79. The summed E-state index contributed by atoms with van der Waals surface area (Å²) in [5.74, 6) is 0. The van der Waals surface area contributed by atoms with E-state index >= 15 is 0 Å². The molecule has 0 saturated carbocycles. The number of methoxy groups -OCH3 is 1. The van der Waals surface area contributed by atoms with Crippen LogP contribution < -0.4 is 9.62 Å². The van der Waals surface area contributed by atoms with Crippen molar-refractivity contribution in [3.63, 3.8) is 0 Å². The molecule has 3 aromatic rings. The van der Waals surface area contributed by atoms with E-state index in [1.165, 1.54) is 0 Å². The zero-order chi connectivity index (χ0) is 21.8. The molecule has 31 heavy (non-hydrogen) atoms. The van der Waals surface area contributed by atoms with Crippen molar-refractivity contribution < 1.29 is 13.2 Å². The van der Waals surface area contributed by atoms with Crippen LogP contribution in [0.25, 0.3) is 10.8 Å². The van der Waals surface area contributed by atoms with Gasteiger partial charge in [-0.05, 0) is 48.0 Å². The Hall–Kier alpha value is -2.45. The molecule has 3 aromatic carbocycles. The highest BCUT2D eigenvalue weighted by Crippen LogP contribution is 2.32. The molecule has 1 heterocycles. The van der Waals surface area contributed by atoms with Crippen molar-refractivity contribution in [1.82, 2.24) is 9.62 Å². The Kier molecular flexibility index (Phi) is 6.57. The van der Waals surface area contributed by atoms with Crippen molar-refractivity contribution in [2.45, 2.75) is 17.5 Å². The summed E-state index contributed by atoms with van der Waals surface area (Å²) in [4.78, 5) is 4.85. The largest absolute Gasteiger partial charge is 0.360 e. The van der Waals surface area contributed by atoms with Gasteiger partial charge in [0.2, 0.25) is 10.0 Å². The summed E-state index contributed by atoms with van der Waals surface area (Å²) >= 11 is 0. The Morgan fingerprint density at radius 1 is 1.00 bits per heavy atom. The van der Waals surface area contributed by atoms with Crippen LogP contribution in [0.4, 0.5) is 5.69 Å². The Morgan fingerprint density at radius 3 is 2.52 bits per heavy atom. The van der Waals surface area contributed by atoms with Crippen molar-refractivity contribution in [3.8, 4) is 0 Å². The number of likely N-dealkylation sites (N-methyl/N-ethyl adjacent to an activating group) is 1. The van der Waals surface area contributed by atoms with Gasteiger partial charge in [-0.1, -0.05) is 48.5 Å². The predicted molar refractivity (Wildman–Crippen MR) is 125 cm³/mol. The van der Waals surface area contributed by atoms with Crippen LogP contribution in [0.5, 0.6) is 0 Å². The van der Waals surface area contributed by atoms with Crippen LogP contribution >= 0.6 is 0 Å². The quantitative estimate of drug-likeness (QED) is 0.613. The van der Waals surface area contributed by atoms with Crippen LogP contribution in [0.1, 0.15) is 5.56 Å². The predicted octanol–water partition coefficient (Wildman–Crippen LogP) is 3.09. The number of rotatable bonds is 7. The minimum absolute atomic E-state index is 0.0420. The first kappa shape index (κ1) is 21.8. The minimum Gasteiger partial charge on any atom is -0.360 e. The second-order valence-electron chi connectivity index (χ2n) is 7.89. The third-order valence-corrected chi connectivity index (χ3v) is 7.33. The van der Waals surface area contributed by atoms with E-state index in [0.717, 1.165) is 41.7 Å². The highest BCUT2D eigenvalue weighted by Gasteiger charge is 2.27. The van der Waals surface area contributed by atoms with E-state index in [4.69, 9.17) is 4.74 Å². The fourth-order valence-electron chi connectivity index (χ4n) is 4.21. The van der Waals surface area contributed by atoms with E-state index < -0.39 is 10.0 Å². The third kappa shape index (κ3) is 4.75. The molecule has 1 N–H and O–H groups in total. The van der Waals surface area contributed by atoms with E-state index in [1.807, 2.05) is 18.2 Å². The van der Waals surface area contributed by atoms with Gasteiger partial charge in [-0.2, -0.15) is 0 Å². The first-order valence-corrected chi connectivity index (χ1v) is 12.0. The van der Waals surface area contributed by atoms with Crippen LogP contribution in [-0.4, -0.2) is 59.9 Å². The molecule has 1 saturated heterocycles. The molecule has 0 spiro atoms. The molecular formula is C24H29N3O3S. The van der Waals surface area contributed by atoms with Gasteiger partial charge in [-0.3, -0.25) is 0 Å². The fraction of sp³-hybridized carbons (Fsp3) is 0.333. The zero-order valence-corrected chi connectivity index (χ0v) is 18.8. The molecule has 164 valence electrons. The summed E-state index contributed by atoms with van der Waals surface area (Å²) in [7, 11) is 0.303. The Morgan fingerprint density at radius 2 is 1.74 bits per heavy atom. The smallest absolute Gasteiger partial charge is 0.240 e. The summed E-state index contributed by atoms with van der Waals surface area (Å²) in [5.41, 5.74) is 2.25. The normalized spacial score (nSPS) is 17.9. The maximum atomic E-state index is 12.7. The molecule has 4 rings (SSSR count). The lowest BCUT2D eigenvalue weighted by atomic mass is 9.98. The number of piperazine rings is 1. The fourth-order valence-corrected chi connectivity index (χ4v) is 5.26. The maximum Gasteiger partial charge on any atom is 0.240 e. The maximum absolute atomic E-state index is 12.7. The number of fused-ring (bicyclic) bond motifs is 1. The summed E-state index contributed by atoms with van der Waals surface area (Å²) in [6.07, 6.45) is 0.547. The molecule has 0 radical (unpaired) electrons. The first-order valence-electron chi connectivity index (χ1n) is 10.5. The molecule has 1 unspecified atom stereocenters. The molecular weight excluding hydrogens is 410 g/mol. The number of hydrogen-bond donors (Lipinski definition) is 1. The molecule has 1 atom stereocenters. The number of hydrogen-bond acceptors (Lipinski definition) is 5. The highest BCUT2D eigenvalue weighted by atomic mass is 32.2. The zero-order valence-electron chi connectivity index (χ0n) is 18.0. The second kappa shape index (κ2) is 9.36. The van der Waals surface area contributed by atoms with Crippen molar-refractivity contribution in [1.29, 1.82) is 0 Å². The number of nitrogens with one attached hydrogen (secondary N) is 1. The van der Waals surface area contributed by atoms with Gasteiger partial charge in [0.1, 0.15) is 6.23 Å². The molecule has 1 aliphatic heterocycles. The van der Waals surface area contributed by atoms with Gasteiger partial charge in [-0.25, -0.2) is 13.1 Å². The van der Waals surface area contributed by atoms with Crippen molar-refractivity contribution in [2.75, 3.05) is 45.2 Å². The van der Waals surface area contributed by atoms with Crippen LogP contribution in [-0.2, 0) is 21.2 Å². The van der Waals surface area contributed by atoms with E-state index in [-0.39, 0.29) is 11.1 Å². The number of anilines is 1. The van der Waals surface area contributed by atoms with Crippen molar-refractivity contribution >= 4 is 26.5 Å². The average molecular weight is 440 g/mol. The van der Waals surface area contributed by atoms with Crippen molar-refractivity contribution in [2.24, 2.45) is 0 Å². The molecule has 6 nitrogen and oxygen atoms in total. The standard InChI is InChI=1S/C24H29N3O3S/c1-26-16-17-27(24(18-26)30-2)23-13-12-19-8-6-7-11-21(19)22(23)14-15-25-31(28,29)20-9-4-3-5-10-20/h3-13,24-25H,14-18H2,1-2H3. The summed E-state index contributed by atoms with van der Waals surface area (Å²) < 4.78 is 33.9. The van der Waals surface area contributed by atoms with E-state index in [9.17, 15) is 8.42 Å². The van der Waals surface area contributed by atoms with Gasteiger partial charge >= 0.3 is 0 Å². The number of nitrogens with zero attached hydrogens (tertiary/aromatic N) is 2. The van der Waals surface area contributed by atoms with Crippen LogP contribution in [0.2, 0.25) is 0 Å². The topological polar surface area (TPSA) is 61.9 Å². The Labute approximate surface area is 184 Å². The van der Waals surface area contributed by atoms with E-state index in [0.29, 0.717) is 13.0 Å². The van der Waals surface area contributed by atoms with Crippen LogP contribution in [0, 0.1) is 0 Å². The molecule has 7 heteroatoms. The first-order chi connectivity index (χ1) is 15.0. The van der Waals surface area contributed by atoms with Crippen LogP contribution in [0.3, 0.4) is 0 Å². The number of sulfonamides is 1. The van der Waals surface area contributed by atoms with Gasteiger partial charge in [0.05, 0.1) is 4.90 Å². The lowest BCUT2D eigenvalue weighted by Crippen LogP contribution is -2.53. The molecule has 0 aromatic heterocycles. The van der Waals surface area contributed by atoms with Gasteiger partial charge in [0, 0.05) is 39.0 Å². The van der Waals surface area contributed by atoms with Crippen molar-refractivity contribution in [3.05, 3.63) is 72.3 Å². The van der Waals surface area contributed by atoms with E-state index in [2.05, 4.69) is 45.8 Å². The van der Waals surface area contributed by atoms with Gasteiger partial charge in [0.25, 0.3) is 0 Å². The Balaban J connectivity index is 1.63. The van der Waals surface area contributed by atoms with E-state index in [1.54, 1.807) is 31.4 Å². The minimum atomic E-state index is -3.54. The number of benzene rings is 3. The molecule has 0 amide bonds. The summed E-state index contributed by atoms with van der Waals surface area (Å²) in [5, 5.41) is 2.29. The number of ether oxygens (including phenoxy) is 1. The van der Waals surface area contributed by atoms with Crippen LogP contribution in [0.15, 0.2) is 71.6 Å². The van der Waals surface area contributed by atoms with Gasteiger partial charge < -0.3 is 14.5 Å². The summed E-state index contributed by atoms with van der Waals surface area (Å²) in [6.45, 7) is 2.95. The lowest BCUT2D eigenvalue weighted by Gasteiger charge is -2.41. The van der Waals surface area contributed by atoms with Gasteiger partial charge in [0.15, 0.2) is 0 Å².